The van der Waals surface area contributed by atoms with Gasteiger partial charge in [0, 0.05) is 16.7 Å². The van der Waals surface area contributed by atoms with Crippen LogP contribution in [0.2, 0.25) is 0 Å². The lowest BCUT2D eigenvalue weighted by Gasteiger charge is -2.19. The molecule has 0 unspecified atom stereocenters. The summed E-state index contributed by atoms with van der Waals surface area (Å²) >= 11 is 6.19. The minimum atomic E-state index is -2.06. The number of fused-ring (bicyclic) bond motifs is 1. The number of hydrogen-bond donors (Lipinski definition) is 1. The molecule has 0 saturated carbocycles. The molecule has 5 heteroatoms. The molecule has 2 aromatic rings. The van der Waals surface area contributed by atoms with E-state index in [1.807, 2.05) is 13.0 Å². The Morgan fingerprint density at radius 1 is 1.00 bits per heavy atom. The molecule has 1 aliphatic rings. The quantitative estimate of drug-likeness (QED) is 0.527. The lowest BCUT2D eigenvalue weighted by Crippen LogP contribution is -2.52. The van der Waals surface area contributed by atoms with Crippen molar-refractivity contribution in [2.75, 3.05) is 0 Å². The Balaban J connectivity index is 1.94. The second kappa shape index (κ2) is 5.07. The summed E-state index contributed by atoms with van der Waals surface area (Å²) in [6.07, 6.45) is 0. The molecule has 0 bridgehead atoms. The van der Waals surface area contributed by atoms with Crippen LogP contribution in [0.25, 0.3) is 0 Å². The molecule has 22 heavy (non-hydrogen) atoms. The van der Waals surface area contributed by atoms with Crippen LogP contribution in [0, 0.1) is 6.92 Å². The highest BCUT2D eigenvalue weighted by molar-refractivity contribution is 6.55. The van der Waals surface area contributed by atoms with Gasteiger partial charge in [0.05, 0.1) is 0 Å². The molecule has 0 spiro atoms. The predicted molar refractivity (Wildman–Crippen MR) is 82.3 cm³/mol. The van der Waals surface area contributed by atoms with E-state index in [1.165, 1.54) is 12.1 Å². The zero-order chi connectivity index (χ0) is 15.9. The highest BCUT2D eigenvalue weighted by Crippen LogP contribution is 2.33. The lowest BCUT2D eigenvalue weighted by molar-refractivity contribution is 0.0772. The fraction of sp³-hybridized carbons (Fsp3) is 0.118. The SMILES string of the molecule is Cc1cccc(C(=O)NC2(Cl)C(=O)c3ccccc3C2=O)c1. The normalized spacial score (nSPS) is 15.5. The number of benzene rings is 2. The maximum Gasteiger partial charge on any atom is 0.253 e. The average Bonchev–Trinajstić information content (AvgIpc) is 2.70. The van der Waals surface area contributed by atoms with Crippen LogP contribution in [0.4, 0.5) is 0 Å². The summed E-state index contributed by atoms with van der Waals surface area (Å²) in [6.45, 7) is 1.84. The summed E-state index contributed by atoms with van der Waals surface area (Å²) in [4.78, 5) is 35.0. The fourth-order valence-electron chi connectivity index (χ4n) is 2.48. The van der Waals surface area contributed by atoms with E-state index in [4.69, 9.17) is 11.6 Å². The molecule has 0 saturated heterocycles. The summed E-state index contributed by atoms with van der Waals surface area (Å²) in [5, 5.41) is 2.37. The Bertz CT molecular complexity index is 778. The van der Waals surface area contributed by atoms with Crippen LogP contribution in [0.5, 0.6) is 0 Å². The molecule has 110 valence electrons. The largest absolute Gasteiger partial charge is 0.320 e. The van der Waals surface area contributed by atoms with Crippen molar-refractivity contribution in [2.24, 2.45) is 0 Å². The predicted octanol–water partition coefficient (Wildman–Crippen LogP) is 2.74. The van der Waals surface area contributed by atoms with E-state index in [2.05, 4.69) is 5.32 Å². The van der Waals surface area contributed by atoms with E-state index in [0.29, 0.717) is 5.56 Å². The number of halogens is 1. The molecule has 1 aliphatic carbocycles. The number of carbonyl (C=O) groups excluding carboxylic acids is 3. The van der Waals surface area contributed by atoms with Crippen molar-refractivity contribution in [2.45, 2.75) is 11.9 Å². The van der Waals surface area contributed by atoms with Crippen LogP contribution >= 0.6 is 11.6 Å². The van der Waals surface area contributed by atoms with Gasteiger partial charge in [0.1, 0.15) is 0 Å². The molecule has 0 heterocycles. The van der Waals surface area contributed by atoms with E-state index in [9.17, 15) is 14.4 Å². The number of Topliss-reactive ketones (excluding diaryl/α,β-unsaturated/α-hetero) is 2. The van der Waals surface area contributed by atoms with Crippen molar-refractivity contribution in [1.82, 2.24) is 5.32 Å². The van der Waals surface area contributed by atoms with Crippen LogP contribution in [-0.2, 0) is 0 Å². The van der Waals surface area contributed by atoms with Gasteiger partial charge >= 0.3 is 0 Å². The summed E-state index contributed by atoms with van der Waals surface area (Å²) in [7, 11) is 0. The van der Waals surface area contributed by atoms with E-state index in [1.54, 1.807) is 30.3 Å². The summed E-state index contributed by atoms with van der Waals surface area (Å²) < 4.78 is 0. The molecular weight excluding hydrogens is 302 g/mol. The highest BCUT2D eigenvalue weighted by Gasteiger charge is 2.53. The highest BCUT2D eigenvalue weighted by atomic mass is 35.5. The second-order valence-corrected chi connectivity index (χ2v) is 5.75. The Kier molecular flexibility index (Phi) is 3.34. The zero-order valence-corrected chi connectivity index (χ0v) is 12.5. The van der Waals surface area contributed by atoms with Gasteiger partial charge in [0.25, 0.3) is 5.91 Å². The van der Waals surface area contributed by atoms with Crippen molar-refractivity contribution in [3.63, 3.8) is 0 Å². The average molecular weight is 314 g/mol. The van der Waals surface area contributed by atoms with Crippen molar-refractivity contribution in [3.05, 3.63) is 70.8 Å². The molecule has 0 fully saturated rings. The van der Waals surface area contributed by atoms with Gasteiger partial charge in [-0.2, -0.15) is 0 Å². The van der Waals surface area contributed by atoms with Crippen LogP contribution in [-0.4, -0.2) is 22.5 Å². The minimum Gasteiger partial charge on any atom is -0.320 e. The van der Waals surface area contributed by atoms with Gasteiger partial charge < -0.3 is 5.32 Å². The fourth-order valence-corrected chi connectivity index (χ4v) is 2.77. The van der Waals surface area contributed by atoms with Gasteiger partial charge in [0.15, 0.2) is 0 Å². The van der Waals surface area contributed by atoms with Crippen molar-refractivity contribution in [1.29, 1.82) is 0 Å². The Morgan fingerprint density at radius 2 is 1.59 bits per heavy atom. The maximum absolute atomic E-state index is 12.4. The number of hydrogen-bond acceptors (Lipinski definition) is 3. The third-order valence-corrected chi connectivity index (χ3v) is 4.05. The van der Waals surface area contributed by atoms with E-state index >= 15 is 0 Å². The Hall–Kier alpha value is -2.46. The molecule has 3 rings (SSSR count). The third kappa shape index (κ3) is 2.12. The number of alkyl halides is 1. The molecule has 4 nitrogen and oxygen atoms in total. The first-order valence-electron chi connectivity index (χ1n) is 6.70. The first-order valence-corrected chi connectivity index (χ1v) is 7.08. The number of nitrogens with one attached hydrogen (secondary N) is 1. The number of carbonyl (C=O) groups is 3. The van der Waals surface area contributed by atoms with E-state index in [0.717, 1.165) is 5.56 Å². The summed E-state index contributed by atoms with van der Waals surface area (Å²) in [6, 6.07) is 13.2. The van der Waals surface area contributed by atoms with Crippen LogP contribution in [0.15, 0.2) is 48.5 Å². The standard InChI is InChI=1S/C17H12ClNO3/c1-10-5-4-6-11(9-10)16(22)19-17(18)14(20)12-7-2-3-8-13(12)15(17)21/h2-9H,1H3,(H,19,22). The minimum absolute atomic E-state index is 0.229. The van der Waals surface area contributed by atoms with Crippen LogP contribution < -0.4 is 5.32 Å². The topological polar surface area (TPSA) is 63.2 Å². The van der Waals surface area contributed by atoms with Gasteiger partial charge in [-0.05, 0) is 19.1 Å². The molecule has 1 N–H and O–H groups in total. The molecule has 0 aromatic heterocycles. The first-order chi connectivity index (χ1) is 10.4. The number of ketones is 2. The van der Waals surface area contributed by atoms with E-state index < -0.39 is 22.5 Å². The first kappa shape index (κ1) is 14.5. The van der Waals surface area contributed by atoms with Gasteiger partial charge in [0.2, 0.25) is 16.6 Å². The Morgan fingerprint density at radius 3 is 2.14 bits per heavy atom. The zero-order valence-electron chi connectivity index (χ0n) is 11.7. The molecule has 0 aliphatic heterocycles. The van der Waals surface area contributed by atoms with Gasteiger partial charge in [-0.3, -0.25) is 14.4 Å². The van der Waals surface area contributed by atoms with E-state index in [-0.39, 0.29) is 11.1 Å². The number of rotatable bonds is 2. The molecule has 0 atom stereocenters. The number of amides is 1. The number of aryl methyl sites for hydroxylation is 1. The van der Waals surface area contributed by atoms with Gasteiger partial charge in [-0.1, -0.05) is 53.6 Å². The van der Waals surface area contributed by atoms with Crippen molar-refractivity contribution in [3.8, 4) is 0 Å². The monoisotopic (exact) mass is 313 g/mol. The Labute approximate surface area is 132 Å². The third-order valence-electron chi connectivity index (χ3n) is 3.61. The maximum atomic E-state index is 12.4. The molecule has 0 radical (unpaired) electrons. The van der Waals surface area contributed by atoms with Gasteiger partial charge in [-0.15, -0.1) is 0 Å². The molecule has 1 amide bonds. The smallest absolute Gasteiger partial charge is 0.253 e. The molecule has 2 aromatic carbocycles. The van der Waals surface area contributed by atoms with Crippen LogP contribution in [0.3, 0.4) is 0 Å². The summed E-state index contributed by atoms with van der Waals surface area (Å²) in [5.74, 6) is -1.76. The molecular formula is C17H12ClNO3. The summed E-state index contributed by atoms with van der Waals surface area (Å²) in [5.41, 5.74) is 1.69. The van der Waals surface area contributed by atoms with Crippen molar-refractivity contribution >= 4 is 29.1 Å². The van der Waals surface area contributed by atoms with Crippen molar-refractivity contribution < 1.29 is 14.4 Å². The second-order valence-electron chi connectivity index (χ2n) is 5.19. The van der Waals surface area contributed by atoms with Gasteiger partial charge in [-0.25, -0.2) is 0 Å². The lowest BCUT2D eigenvalue weighted by atomic mass is 10.1. The van der Waals surface area contributed by atoms with Crippen LogP contribution in [0.1, 0.15) is 36.6 Å².